The molecule has 0 bridgehead atoms. The molecule has 1 aromatic rings. The van der Waals surface area contributed by atoms with Gasteiger partial charge in [-0.1, -0.05) is 11.3 Å². The summed E-state index contributed by atoms with van der Waals surface area (Å²) in [5, 5.41) is 11.2. The van der Waals surface area contributed by atoms with Crippen molar-refractivity contribution in [2.75, 3.05) is 18.0 Å². The molecular formula is C9H10N4OS2. The van der Waals surface area contributed by atoms with Crippen LogP contribution in [0.2, 0.25) is 0 Å². The van der Waals surface area contributed by atoms with Crippen LogP contribution >= 0.6 is 23.1 Å². The van der Waals surface area contributed by atoms with E-state index in [2.05, 4.69) is 4.98 Å². The Bertz CT molecular complexity index is 439. The summed E-state index contributed by atoms with van der Waals surface area (Å²) in [4.78, 5) is 17.5. The van der Waals surface area contributed by atoms with Crippen LogP contribution in [-0.4, -0.2) is 24.0 Å². The normalized spacial score (nSPS) is 20.1. The monoisotopic (exact) mass is 254 g/mol. The molecule has 0 radical (unpaired) electrons. The first-order valence-electron chi connectivity index (χ1n) is 4.76. The van der Waals surface area contributed by atoms with Crippen LogP contribution in [0, 0.1) is 16.6 Å². The van der Waals surface area contributed by atoms with Gasteiger partial charge in [0, 0.05) is 24.7 Å². The second kappa shape index (κ2) is 4.82. The van der Waals surface area contributed by atoms with Crippen molar-refractivity contribution in [3.63, 3.8) is 0 Å². The Hall–Kier alpha value is -1.10. The maximum absolute atomic E-state index is 11.7. The molecule has 1 amide bonds. The molecule has 2 rings (SSSR count). The third-order valence-electron chi connectivity index (χ3n) is 2.39. The molecule has 16 heavy (non-hydrogen) atoms. The number of amides is 1. The topological polar surface area (TPSA) is 83.0 Å². The number of hydrogen-bond donors (Lipinski definition) is 1. The van der Waals surface area contributed by atoms with Crippen LogP contribution in [0.3, 0.4) is 0 Å². The van der Waals surface area contributed by atoms with E-state index in [1.165, 1.54) is 11.3 Å². The number of carbonyl (C=O) groups excluding carboxylic acids is 1. The Morgan fingerprint density at radius 3 is 3.25 bits per heavy atom. The van der Waals surface area contributed by atoms with Gasteiger partial charge in [0.05, 0.1) is 10.4 Å². The van der Waals surface area contributed by atoms with Crippen molar-refractivity contribution < 1.29 is 4.79 Å². The molecule has 1 atom stereocenters. The van der Waals surface area contributed by atoms with Gasteiger partial charge < -0.3 is 5.73 Å². The number of nitrogens with two attached hydrogens (primary N) is 1. The van der Waals surface area contributed by atoms with E-state index in [1.54, 1.807) is 11.1 Å². The summed E-state index contributed by atoms with van der Waals surface area (Å²) < 4.78 is 0.807. The third kappa shape index (κ3) is 2.19. The summed E-state index contributed by atoms with van der Waals surface area (Å²) >= 11 is 2.43. The molecule has 5 nitrogen and oxygen atoms in total. The Morgan fingerprint density at radius 1 is 1.81 bits per heavy atom. The second-order valence-electron chi connectivity index (χ2n) is 3.47. The summed E-state index contributed by atoms with van der Waals surface area (Å²) in [7, 11) is 0. The number of aromatic nitrogens is 1. The van der Waals surface area contributed by atoms with Crippen molar-refractivity contribution in [3.05, 3.63) is 6.20 Å². The van der Waals surface area contributed by atoms with Gasteiger partial charge in [0.1, 0.15) is 5.40 Å². The van der Waals surface area contributed by atoms with Crippen molar-refractivity contribution in [2.45, 2.75) is 10.6 Å². The largest absolute Gasteiger partial charge is 0.330 e. The summed E-state index contributed by atoms with van der Waals surface area (Å²) in [5.74, 6) is 0.293. The van der Waals surface area contributed by atoms with Gasteiger partial charge in [-0.25, -0.2) is 4.98 Å². The van der Waals surface area contributed by atoms with E-state index >= 15 is 0 Å². The number of hydrogen-bond acceptors (Lipinski definition) is 6. The van der Waals surface area contributed by atoms with E-state index < -0.39 is 0 Å². The fraction of sp³-hybridized carbons (Fsp3) is 0.444. The van der Waals surface area contributed by atoms with Crippen molar-refractivity contribution in [3.8, 4) is 5.40 Å². The quantitative estimate of drug-likeness (QED) is 0.643. The first-order valence-corrected chi connectivity index (χ1v) is 6.40. The highest BCUT2D eigenvalue weighted by Gasteiger charge is 2.31. The number of thiazole rings is 1. The Balaban J connectivity index is 2.12. The van der Waals surface area contributed by atoms with E-state index in [0.717, 1.165) is 16.0 Å². The maximum Gasteiger partial charge on any atom is 0.229 e. The van der Waals surface area contributed by atoms with Gasteiger partial charge >= 0.3 is 0 Å². The first-order chi connectivity index (χ1) is 7.74. The number of thiocyanates is 1. The van der Waals surface area contributed by atoms with Gasteiger partial charge in [-0.15, -0.1) is 0 Å². The van der Waals surface area contributed by atoms with Gasteiger partial charge in [-0.05, 0) is 12.5 Å². The average molecular weight is 254 g/mol. The summed E-state index contributed by atoms with van der Waals surface area (Å²) in [5.41, 5.74) is 5.55. The molecule has 1 saturated heterocycles. The van der Waals surface area contributed by atoms with Gasteiger partial charge in [0.15, 0.2) is 5.13 Å². The minimum Gasteiger partial charge on any atom is -0.330 e. The lowest BCUT2D eigenvalue weighted by Crippen LogP contribution is -2.25. The molecular weight excluding hydrogens is 244 g/mol. The Kier molecular flexibility index (Phi) is 3.43. The van der Waals surface area contributed by atoms with Crippen LogP contribution in [0.4, 0.5) is 5.13 Å². The van der Waals surface area contributed by atoms with Crippen LogP contribution in [0.15, 0.2) is 10.4 Å². The van der Waals surface area contributed by atoms with Crippen LogP contribution < -0.4 is 10.6 Å². The van der Waals surface area contributed by atoms with Crippen LogP contribution in [0.5, 0.6) is 0 Å². The molecule has 0 aromatic carbocycles. The molecule has 1 aliphatic rings. The molecule has 0 spiro atoms. The minimum atomic E-state index is 0.0679. The Labute approximate surface area is 101 Å². The van der Waals surface area contributed by atoms with Crippen molar-refractivity contribution >= 4 is 34.1 Å². The van der Waals surface area contributed by atoms with E-state index in [9.17, 15) is 4.79 Å². The predicted octanol–water partition coefficient (Wildman–Crippen LogP) is 1.03. The molecule has 84 valence electrons. The second-order valence-corrected chi connectivity index (χ2v) is 5.56. The number of rotatable bonds is 3. The van der Waals surface area contributed by atoms with E-state index in [0.29, 0.717) is 24.6 Å². The van der Waals surface area contributed by atoms with Crippen LogP contribution in [0.1, 0.15) is 6.42 Å². The maximum atomic E-state index is 11.7. The summed E-state index contributed by atoms with van der Waals surface area (Å²) in [6.45, 7) is 1.16. The number of nitrogens with zero attached hydrogens (tertiary/aromatic N) is 3. The van der Waals surface area contributed by atoms with Gasteiger partial charge in [0.25, 0.3) is 0 Å². The SMILES string of the molecule is N#CSc1cnc(N2CC(CN)CC2=O)s1. The zero-order valence-electron chi connectivity index (χ0n) is 8.42. The fourth-order valence-electron chi connectivity index (χ4n) is 1.59. The molecule has 1 aliphatic heterocycles. The van der Waals surface area contributed by atoms with Gasteiger partial charge in [-0.2, -0.15) is 5.26 Å². The van der Waals surface area contributed by atoms with Crippen molar-refractivity contribution in [2.24, 2.45) is 11.7 Å². The zero-order valence-corrected chi connectivity index (χ0v) is 10.1. The van der Waals surface area contributed by atoms with Crippen LogP contribution in [-0.2, 0) is 4.79 Å². The lowest BCUT2D eigenvalue weighted by molar-refractivity contribution is -0.117. The molecule has 7 heteroatoms. The highest BCUT2D eigenvalue weighted by molar-refractivity contribution is 8.05. The van der Waals surface area contributed by atoms with E-state index in [4.69, 9.17) is 11.0 Å². The molecule has 0 aliphatic carbocycles. The van der Waals surface area contributed by atoms with E-state index in [-0.39, 0.29) is 11.8 Å². The number of thioether (sulfide) groups is 1. The molecule has 1 fully saturated rings. The predicted molar refractivity (Wildman–Crippen MR) is 63.1 cm³/mol. The minimum absolute atomic E-state index is 0.0679. The van der Waals surface area contributed by atoms with Crippen molar-refractivity contribution in [1.82, 2.24) is 4.98 Å². The third-order valence-corrected chi connectivity index (χ3v) is 4.10. The molecule has 0 saturated carbocycles. The zero-order chi connectivity index (χ0) is 11.5. The van der Waals surface area contributed by atoms with Crippen LogP contribution in [0.25, 0.3) is 0 Å². The molecule has 1 aromatic heterocycles. The first kappa shape index (κ1) is 11.4. The van der Waals surface area contributed by atoms with Crippen molar-refractivity contribution in [1.29, 1.82) is 5.26 Å². The molecule has 1 unspecified atom stereocenters. The standard InChI is InChI=1S/C9H10N4OS2/c10-2-6-1-7(14)13(4-6)9-12-3-8(16-9)15-5-11/h3,6H,1-2,4,10H2. The molecule has 2 N–H and O–H groups in total. The number of anilines is 1. The Morgan fingerprint density at radius 2 is 2.62 bits per heavy atom. The lowest BCUT2D eigenvalue weighted by Gasteiger charge is -2.11. The smallest absolute Gasteiger partial charge is 0.229 e. The fourth-order valence-corrected chi connectivity index (χ4v) is 2.97. The number of nitriles is 1. The highest BCUT2D eigenvalue weighted by Crippen LogP contribution is 2.32. The molecule has 2 heterocycles. The average Bonchev–Trinajstić information content (AvgIpc) is 2.85. The van der Waals surface area contributed by atoms with Gasteiger partial charge in [0.2, 0.25) is 5.91 Å². The van der Waals surface area contributed by atoms with Gasteiger partial charge in [-0.3, -0.25) is 9.69 Å². The lowest BCUT2D eigenvalue weighted by atomic mass is 10.1. The summed E-state index contributed by atoms with van der Waals surface area (Å²) in [6.07, 6.45) is 2.12. The van der Waals surface area contributed by atoms with E-state index in [1.807, 2.05) is 5.40 Å². The highest BCUT2D eigenvalue weighted by atomic mass is 32.2. The number of carbonyl (C=O) groups is 1. The summed E-state index contributed by atoms with van der Waals surface area (Å²) in [6, 6.07) is 0.